The Labute approximate surface area is 126 Å². The Morgan fingerprint density at radius 3 is 2.33 bits per heavy atom. The second-order valence-electron chi connectivity index (χ2n) is 5.40. The standard InChI is InChI=1S/C18H22N2O/c1-13(2)21-18-9-6-16(7-10-18)12-19-20-17-8-5-14(3)15(4)11-17/h5-13,20H,1-4H3/b19-12+. The lowest BCUT2D eigenvalue weighted by molar-refractivity contribution is 0.242. The number of hydrogen-bond acceptors (Lipinski definition) is 3. The van der Waals surface area contributed by atoms with Crippen molar-refractivity contribution in [2.45, 2.75) is 33.8 Å². The Morgan fingerprint density at radius 2 is 1.71 bits per heavy atom. The topological polar surface area (TPSA) is 33.6 Å². The number of nitrogens with one attached hydrogen (secondary N) is 1. The van der Waals surface area contributed by atoms with Gasteiger partial charge in [-0.25, -0.2) is 0 Å². The molecule has 0 aliphatic rings. The summed E-state index contributed by atoms with van der Waals surface area (Å²) < 4.78 is 5.61. The van der Waals surface area contributed by atoms with E-state index in [1.807, 2.05) is 44.2 Å². The fraction of sp³-hybridized carbons (Fsp3) is 0.278. The molecule has 0 unspecified atom stereocenters. The van der Waals surface area contributed by atoms with Gasteiger partial charge in [0, 0.05) is 0 Å². The van der Waals surface area contributed by atoms with Crippen LogP contribution in [-0.4, -0.2) is 12.3 Å². The van der Waals surface area contributed by atoms with Crippen LogP contribution in [0.15, 0.2) is 47.6 Å². The van der Waals surface area contributed by atoms with Crippen LogP contribution < -0.4 is 10.2 Å². The van der Waals surface area contributed by atoms with Crippen LogP contribution in [0.3, 0.4) is 0 Å². The smallest absolute Gasteiger partial charge is 0.119 e. The highest BCUT2D eigenvalue weighted by Gasteiger charge is 1.97. The van der Waals surface area contributed by atoms with Crippen LogP contribution >= 0.6 is 0 Å². The fourth-order valence-corrected chi connectivity index (χ4v) is 1.90. The zero-order valence-corrected chi connectivity index (χ0v) is 13.1. The highest BCUT2D eigenvalue weighted by atomic mass is 16.5. The maximum absolute atomic E-state index is 5.61. The lowest BCUT2D eigenvalue weighted by Gasteiger charge is -2.09. The highest BCUT2D eigenvalue weighted by molar-refractivity contribution is 5.80. The molecule has 0 heterocycles. The fourth-order valence-electron chi connectivity index (χ4n) is 1.90. The van der Waals surface area contributed by atoms with Gasteiger partial charge < -0.3 is 4.74 Å². The molecule has 0 fully saturated rings. The van der Waals surface area contributed by atoms with Crippen LogP contribution in [0.2, 0.25) is 0 Å². The molecule has 3 heteroatoms. The summed E-state index contributed by atoms with van der Waals surface area (Å²) in [6.45, 7) is 8.23. The van der Waals surface area contributed by atoms with E-state index in [2.05, 4.69) is 36.5 Å². The van der Waals surface area contributed by atoms with Gasteiger partial charge in [-0.3, -0.25) is 5.43 Å². The molecule has 2 aromatic rings. The molecule has 0 bridgehead atoms. The first kappa shape index (κ1) is 15.1. The van der Waals surface area contributed by atoms with Gasteiger partial charge >= 0.3 is 0 Å². The third-order valence-electron chi connectivity index (χ3n) is 3.17. The number of benzene rings is 2. The quantitative estimate of drug-likeness (QED) is 0.645. The number of hydrazone groups is 1. The summed E-state index contributed by atoms with van der Waals surface area (Å²) >= 11 is 0. The minimum Gasteiger partial charge on any atom is -0.491 e. The zero-order valence-electron chi connectivity index (χ0n) is 13.1. The Hall–Kier alpha value is -2.29. The minimum atomic E-state index is 0.191. The number of rotatable bonds is 5. The maximum Gasteiger partial charge on any atom is 0.119 e. The van der Waals surface area contributed by atoms with E-state index in [0.717, 1.165) is 17.0 Å². The Kier molecular flexibility index (Phi) is 4.99. The molecule has 0 radical (unpaired) electrons. The summed E-state index contributed by atoms with van der Waals surface area (Å²) in [4.78, 5) is 0. The summed E-state index contributed by atoms with van der Waals surface area (Å²) in [5, 5.41) is 4.26. The molecule has 21 heavy (non-hydrogen) atoms. The molecular formula is C18H22N2O. The number of aryl methyl sites for hydroxylation is 2. The van der Waals surface area contributed by atoms with Crippen molar-refractivity contribution in [3.05, 3.63) is 59.2 Å². The van der Waals surface area contributed by atoms with Gasteiger partial charge in [0.25, 0.3) is 0 Å². The average molecular weight is 282 g/mol. The summed E-state index contributed by atoms with van der Waals surface area (Å²) in [5.41, 5.74) is 7.61. The molecule has 0 atom stereocenters. The highest BCUT2D eigenvalue weighted by Crippen LogP contribution is 2.15. The zero-order chi connectivity index (χ0) is 15.2. The average Bonchev–Trinajstić information content (AvgIpc) is 2.44. The summed E-state index contributed by atoms with van der Waals surface area (Å²) in [6.07, 6.45) is 1.99. The lowest BCUT2D eigenvalue weighted by atomic mass is 10.1. The molecule has 1 N–H and O–H groups in total. The van der Waals surface area contributed by atoms with Crippen LogP contribution in [0.25, 0.3) is 0 Å². The molecule has 3 nitrogen and oxygen atoms in total. The molecule has 0 aromatic heterocycles. The molecule has 0 spiro atoms. The Morgan fingerprint density at radius 1 is 1.00 bits per heavy atom. The molecular weight excluding hydrogens is 260 g/mol. The van der Waals surface area contributed by atoms with E-state index in [-0.39, 0.29) is 6.10 Å². The number of anilines is 1. The van der Waals surface area contributed by atoms with Gasteiger partial charge in [-0.1, -0.05) is 6.07 Å². The van der Waals surface area contributed by atoms with Gasteiger partial charge in [0.05, 0.1) is 18.0 Å². The van der Waals surface area contributed by atoms with Crippen LogP contribution in [-0.2, 0) is 0 Å². The number of ether oxygens (including phenoxy) is 1. The number of hydrogen-bond donors (Lipinski definition) is 1. The van der Waals surface area contributed by atoms with Crippen molar-refractivity contribution < 1.29 is 4.74 Å². The van der Waals surface area contributed by atoms with E-state index >= 15 is 0 Å². The SMILES string of the molecule is Cc1ccc(N/N=C/c2ccc(OC(C)C)cc2)cc1C. The van der Waals surface area contributed by atoms with Gasteiger partial charge in [0.1, 0.15) is 5.75 Å². The van der Waals surface area contributed by atoms with Crippen molar-refractivity contribution in [3.8, 4) is 5.75 Å². The van der Waals surface area contributed by atoms with Crippen molar-refractivity contribution in [1.29, 1.82) is 0 Å². The predicted octanol–water partition coefficient (Wildman–Crippen LogP) is 4.54. The van der Waals surface area contributed by atoms with Crippen molar-refractivity contribution >= 4 is 11.9 Å². The molecule has 0 saturated carbocycles. The molecule has 0 amide bonds. The van der Waals surface area contributed by atoms with Gasteiger partial charge in [-0.05, 0) is 80.8 Å². The first-order valence-corrected chi connectivity index (χ1v) is 7.17. The second-order valence-corrected chi connectivity index (χ2v) is 5.40. The van der Waals surface area contributed by atoms with Crippen molar-refractivity contribution in [2.24, 2.45) is 5.10 Å². The summed E-state index contributed by atoms with van der Waals surface area (Å²) in [6, 6.07) is 14.1. The summed E-state index contributed by atoms with van der Waals surface area (Å²) in [7, 11) is 0. The van der Waals surface area contributed by atoms with Crippen LogP contribution in [0.1, 0.15) is 30.5 Å². The van der Waals surface area contributed by atoms with Gasteiger partial charge in [0.2, 0.25) is 0 Å². The van der Waals surface area contributed by atoms with Crippen molar-refractivity contribution in [1.82, 2.24) is 0 Å². The Balaban J connectivity index is 1.96. The van der Waals surface area contributed by atoms with E-state index in [4.69, 9.17) is 4.74 Å². The Bertz CT molecular complexity index is 616. The normalized spacial score (nSPS) is 11.1. The number of nitrogens with zero attached hydrogens (tertiary/aromatic N) is 1. The molecule has 2 rings (SSSR count). The summed E-state index contributed by atoms with van der Waals surface area (Å²) in [5.74, 6) is 0.879. The van der Waals surface area contributed by atoms with Gasteiger partial charge in [-0.15, -0.1) is 0 Å². The molecule has 0 saturated heterocycles. The molecule has 2 aromatic carbocycles. The minimum absolute atomic E-state index is 0.191. The van der Waals surface area contributed by atoms with Crippen LogP contribution in [0.5, 0.6) is 5.75 Å². The van der Waals surface area contributed by atoms with E-state index in [1.54, 1.807) is 6.21 Å². The monoisotopic (exact) mass is 282 g/mol. The van der Waals surface area contributed by atoms with Crippen molar-refractivity contribution in [3.63, 3.8) is 0 Å². The molecule has 0 aliphatic heterocycles. The van der Waals surface area contributed by atoms with Crippen LogP contribution in [0.4, 0.5) is 5.69 Å². The van der Waals surface area contributed by atoms with E-state index in [1.165, 1.54) is 11.1 Å². The third kappa shape index (κ3) is 4.63. The first-order chi connectivity index (χ1) is 10.0. The van der Waals surface area contributed by atoms with Gasteiger partial charge in [-0.2, -0.15) is 5.10 Å². The lowest BCUT2D eigenvalue weighted by Crippen LogP contribution is -2.05. The van der Waals surface area contributed by atoms with Crippen LogP contribution in [0, 0.1) is 13.8 Å². The van der Waals surface area contributed by atoms with Crippen molar-refractivity contribution in [2.75, 3.05) is 5.43 Å². The second kappa shape index (κ2) is 6.93. The maximum atomic E-state index is 5.61. The third-order valence-corrected chi connectivity index (χ3v) is 3.17. The van der Waals surface area contributed by atoms with E-state index in [9.17, 15) is 0 Å². The molecule has 110 valence electrons. The van der Waals surface area contributed by atoms with E-state index in [0.29, 0.717) is 0 Å². The van der Waals surface area contributed by atoms with Gasteiger partial charge in [0.15, 0.2) is 0 Å². The van der Waals surface area contributed by atoms with E-state index < -0.39 is 0 Å². The first-order valence-electron chi connectivity index (χ1n) is 7.17. The largest absolute Gasteiger partial charge is 0.491 e. The predicted molar refractivity (Wildman–Crippen MR) is 89.3 cm³/mol. The molecule has 0 aliphatic carbocycles.